The zero-order valence-electron chi connectivity index (χ0n) is 13.5. The van der Waals surface area contributed by atoms with Crippen LogP contribution in [0.3, 0.4) is 0 Å². The van der Waals surface area contributed by atoms with Crippen molar-refractivity contribution in [3.8, 4) is 0 Å². The third kappa shape index (κ3) is 3.88. The number of ether oxygens (including phenoxy) is 4. The van der Waals surface area contributed by atoms with Crippen LogP contribution in [0.4, 0.5) is 0 Å². The van der Waals surface area contributed by atoms with E-state index in [0.29, 0.717) is 0 Å². The fraction of sp³-hybridized carbons (Fsp3) is 1.00. The van der Waals surface area contributed by atoms with Gasteiger partial charge in [-0.1, -0.05) is 6.92 Å². The maximum Gasteiger partial charge on any atom is 0.187 e. The molecule has 0 aliphatic carbocycles. The maximum atomic E-state index is 10.1. The molecule has 0 saturated carbocycles. The van der Waals surface area contributed by atoms with E-state index < -0.39 is 67.8 Å². The van der Waals surface area contributed by atoms with Gasteiger partial charge in [0.1, 0.15) is 30.5 Å². The highest BCUT2D eigenvalue weighted by Gasteiger charge is 2.49. The van der Waals surface area contributed by atoms with Crippen molar-refractivity contribution in [3.63, 3.8) is 0 Å². The third-order valence-corrected chi connectivity index (χ3v) is 4.52. The maximum absolute atomic E-state index is 10.1. The Morgan fingerprint density at radius 3 is 2.12 bits per heavy atom. The Morgan fingerprint density at radius 1 is 0.875 bits per heavy atom. The van der Waals surface area contributed by atoms with Gasteiger partial charge in [-0.3, -0.25) is 0 Å². The zero-order chi connectivity index (χ0) is 18.0. The minimum atomic E-state index is -1.62. The highest BCUT2D eigenvalue weighted by molar-refractivity contribution is 4.93. The molecular weight excluding hydrogens is 328 g/mol. The van der Waals surface area contributed by atoms with E-state index in [9.17, 15) is 30.6 Å². The first kappa shape index (κ1) is 19.9. The molecule has 0 aromatic rings. The van der Waals surface area contributed by atoms with Gasteiger partial charge in [0.25, 0.3) is 0 Å². The van der Waals surface area contributed by atoms with Crippen LogP contribution in [0.5, 0.6) is 0 Å². The number of aliphatic hydroxyl groups is 6. The molecule has 2 heterocycles. The number of hydrogen-bond donors (Lipinski definition) is 6. The lowest BCUT2D eigenvalue weighted by atomic mass is 9.91. The fourth-order valence-electron chi connectivity index (χ4n) is 2.93. The average molecular weight is 354 g/mol. The molecule has 0 unspecified atom stereocenters. The molecular formula is C14H26O10. The lowest BCUT2D eigenvalue weighted by Gasteiger charge is -2.45. The third-order valence-electron chi connectivity index (χ3n) is 4.52. The Bertz CT molecular complexity index is 394. The van der Waals surface area contributed by atoms with Crippen molar-refractivity contribution in [2.24, 2.45) is 5.92 Å². The van der Waals surface area contributed by atoms with Gasteiger partial charge in [-0.15, -0.1) is 0 Å². The Morgan fingerprint density at radius 2 is 1.54 bits per heavy atom. The number of methoxy groups -OCH3 is 1. The van der Waals surface area contributed by atoms with Crippen LogP contribution in [-0.2, 0) is 18.9 Å². The molecule has 2 rings (SSSR count). The molecule has 0 bridgehead atoms. The van der Waals surface area contributed by atoms with Crippen molar-refractivity contribution in [2.75, 3.05) is 20.3 Å². The molecule has 142 valence electrons. The summed E-state index contributed by atoms with van der Waals surface area (Å²) in [6.07, 6.45) is -11.7. The van der Waals surface area contributed by atoms with Gasteiger partial charge in [-0.2, -0.15) is 0 Å². The van der Waals surface area contributed by atoms with Crippen LogP contribution in [0.1, 0.15) is 6.92 Å². The molecule has 6 N–H and O–H groups in total. The second kappa shape index (κ2) is 8.32. The van der Waals surface area contributed by atoms with Crippen LogP contribution in [0.15, 0.2) is 0 Å². The summed E-state index contributed by atoms with van der Waals surface area (Å²) in [6.45, 7) is 1.16. The van der Waals surface area contributed by atoms with Gasteiger partial charge in [-0.25, -0.2) is 0 Å². The summed E-state index contributed by atoms with van der Waals surface area (Å²) in [5.74, 6) is -0.528. The van der Waals surface area contributed by atoms with Crippen LogP contribution in [0.25, 0.3) is 0 Å². The second-order valence-electron chi connectivity index (χ2n) is 6.17. The SMILES string of the molecule is COC[C@H]1O[C@H](O)[C@H](O)[C@@H](O)[C@@H]1O[C@H]1O[C@H](CO)[C@@H](C)[C@H](O)[C@H]1O. The number of aliphatic hydroxyl groups excluding tert-OH is 6. The predicted molar refractivity (Wildman–Crippen MR) is 76.6 cm³/mol. The lowest BCUT2D eigenvalue weighted by molar-refractivity contribution is -0.351. The molecule has 24 heavy (non-hydrogen) atoms. The van der Waals surface area contributed by atoms with Gasteiger partial charge >= 0.3 is 0 Å². The van der Waals surface area contributed by atoms with E-state index in [0.717, 1.165) is 0 Å². The molecule has 2 aliphatic heterocycles. The fourth-order valence-corrected chi connectivity index (χ4v) is 2.93. The first-order chi connectivity index (χ1) is 11.3. The molecule has 10 atom stereocenters. The molecule has 0 aromatic carbocycles. The van der Waals surface area contributed by atoms with Crippen LogP contribution in [0.2, 0.25) is 0 Å². The van der Waals surface area contributed by atoms with E-state index in [-0.39, 0.29) is 6.61 Å². The van der Waals surface area contributed by atoms with Gasteiger partial charge in [0.2, 0.25) is 0 Å². The summed E-state index contributed by atoms with van der Waals surface area (Å²) in [5.41, 5.74) is 0. The van der Waals surface area contributed by atoms with Gasteiger partial charge < -0.3 is 49.6 Å². The van der Waals surface area contributed by atoms with Gasteiger partial charge in [-0.05, 0) is 0 Å². The molecule has 10 heteroatoms. The van der Waals surface area contributed by atoms with Crippen molar-refractivity contribution < 1.29 is 49.6 Å². The standard InChI is InChI=1S/C14H26O10/c1-5-6(3-15)23-14(11(19)8(5)16)24-12-7(4-21-2)22-13(20)10(18)9(12)17/h5-20H,3-4H2,1-2H3/t5-,6-,7-,8+,9-,10-,11-,12-,13+,14-/m1/s1. The average Bonchev–Trinajstić information content (AvgIpc) is 2.56. The Kier molecular flexibility index (Phi) is 6.90. The van der Waals surface area contributed by atoms with E-state index in [1.165, 1.54) is 7.11 Å². The molecule has 0 spiro atoms. The summed E-state index contributed by atoms with van der Waals surface area (Å²) < 4.78 is 21.0. The number of rotatable bonds is 5. The van der Waals surface area contributed by atoms with Gasteiger partial charge in [0.15, 0.2) is 12.6 Å². The second-order valence-corrected chi connectivity index (χ2v) is 6.17. The van der Waals surface area contributed by atoms with Crippen LogP contribution in [-0.4, -0.2) is 106 Å². The molecule has 2 aliphatic rings. The van der Waals surface area contributed by atoms with E-state index in [2.05, 4.69) is 0 Å². The predicted octanol–water partition coefficient (Wildman–Crippen LogP) is -3.47. The minimum Gasteiger partial charge on any atom is -0.394 e. The summed E-state index contributed by atoms with van der Waals surface area (Å²) >= 11 is 0. The summed E-state index contributed by atoms with van der Waals surface area (Å²) in [6, 6.07) is 0. The molecule has 10 nitrogen and oxygen atoms in total. The van der Waals surface area contributed by atoms with Crippen molar-refractivity contribution in [1.29, 1.82) is 0 Å². The Hall–Kier alpha value is -0.400. The quantitative estimate of drug-likeness (QED) is 0.293. The molecule has 2 saturated heterocycles. The zero-order valence-corrected chi connectivity index (χ0v) is 13.5. The monoisotopic (exact) mass is 354 g/mol. The van der Waals surface area contributed by atoms with E-state index in [1.54, 1.807) is 6.92 Å². The van der Waals surface area contributed by atoms with Crippen molar-refractivity contribution in [3.05, 3.63) is 0 Å². The molecule has 2 fully saturated rings. The summed E-state index contributed by atoms with van der Waals surface area (Å²) in [5, 5.41) is 59.0. The van der Waals surface area contributed by atoms with Crippen LogP contribution in [0, 0.1) is 5.92 Å². The van der Waals surface area contributed by atoms with E-state index in [4.69, 9.17) is 18.9 Å². The number of hydrogen-bond acceptors (Lipinski definition) is 10. The van der Waals surface area contributed by atoms with E-state index in [1.807, 2.05) is 0 Å². The molecule has 0 amide bonds. The summed E-state index contributed by atoms with van der Waals surface area (Å²) in [7, 11) is 1.38. The van der Waals surface area contributed by atoms with Gasteiger partial charge in [0.05, 0.1) is 25.4 Å². The highest BCUT2D eigenvalue weighted by Crippen LogP contribution is 2.30. The van der Waals surface area contributed by atoms with Crippen LogP contribution < -0.4 is 0 Å². The van der Waals surface area contributed by atoms with Crippen molar-refractivity contribution in [2.45, 2.75) is 62.2 Å². The smallest absolute Gasteiger partial charge is 0.187 e. The Labute approximate surface area is 139 Å². The van der Waals surface area contributed by atoms with Gasteiger partial charge in [0, 0.05) is 13.0 Å². The van der Waals surface area contributed by atoms with E-state index >= 15 is 0 Å². The largest absolute Gasteiger partial charge is 0.394 e. The minimum absolute atomic E-state index is 0.0588. The highest BCUT2D eigenvalue weighted by atomic mass is 16.7. The normalized spacial score (nSPS) is 50.0. The first-order valence-electron chi connectivity index (χ1n) is 7.78. The van der Waals surface area contributed by atoms with Crippen LogP contribution >= 0.6 is 0 Å². The molecule has 0 radical (unpaired) electrons. The van der Waals surface area contributed by atoms with Crippen molar-refractivity contribution in [1.82, 2.24) is 0 Å². The lowest BCUT2D eigenvalue weighted by Crippen LogP contribution is -2.63. The summed E-state index contributed by atoms with van der Waals surface area (Å²) in [4.78, 5) is 0. The topological polar surface area (TPSA) is 158 Å². The molecule has 0 aromatic heterocycles. The first-order valence-corrected chi connectivity index (χ1v) is 7.78. The van der Waals surface area contributed by atoms with Crippen molar-refractivity contribution >= 4 is 0 Å². The Balaban J connectivity index is 2.13.